The number of rotatable bonds is 7. The summed E-state index contributed by atoms with van der Waals surface area (Å²) in [6.45, 7) is 10.4. The maximum absolute atomic E-state index is 12.5. The highest BCUT2D eigenvalue weighted by molar-refractivity contribution is 7.89. The summed E-state index contributed by atoms with van der Waals surface area (Å²) in [7, 11) is -3.47. The fourth-order valence-electron chi connectivity index (χ4n) is 3.18. The Hall–Kier alpha value is -2.44. The van der Waals surface area contributed by atoms with Gasteiger partial charge in [-0.1, -0.05) is 43.7 Å². The Morgan fingerprint density at radius 2 is 1.54 bits per heavy atom. The number of hydrogen-bond acceptors (Lipinski definition) is 3. The van der Waals surface area contributed by atoms with Crippen molar-refractivity contribution in [2.45, 2.75) is 39.5 Å². The van der Waals surface area contributed by atoms with E-state index in [1.807, 2.05) is 46.8 Å². The molecule has 0 heterocycles. The molecule has 0 aliphatic carbocycles. The van der Waals surface area contributed by atoms with Crippen LogP contribution in [-0.2, 0) is 14.8 Å². The van der Waals surface area contributed by atoms with E-state index in [0.717, 1.165) is 27.9 Å². The molecule has 0 atom stereocenters. The van der Waals surface area contributed by atoms with Crippen molar-refractivity contribution in [2.24, 2.45) is 0 Å². The maximum atomic E-state index is 12.5. The molecule has 0 unspecified atom stereocenters. The molecule has 150 valence electrons. The molecule has 0 spiro atoms. The van der Waals surface area contributed by atoms with E-state index < -0.39 is 10.0 Å². The summed E-state index contributed by atoms with van der Waals surface area (Å²) < 4.78 is 26.4. The topological polar surface area (TPSA) is 66.5 Å². The van der Waals surface area contributed by atoms with Gasteiger partial charge >= 0.3 is 0 Å². The van der Waals surface area contributed by atoms with E-state index in [0.29, 0.717) is 13.1 Å². The van der Waals surface area contributed by atoms with E-state index in [9.17, 15) is 13.2 Å². The Kier molecular flexibility index (Phi) is 7.16. The highest BCUT2D eigenvalue weighted by Crippen LogP contribution is 2.22. The number of benzene rings is 2. The van der Waals surface area contributed by atoms with Gasteiger partial charge in [0, 0.05) is 24.9 Å². The smallest absolute Gasteiger partial charge is 0.248 e. The number of sulfonamides is 1. The molecular weight excluding hydrogens is 372 g/mol. The van der Waals surface area contributed by atoms with Crippen LogP contribution in [0, 0.1) is 20.8 Å². The first kappa shape index (κ1) is 21.9. The number of amides is 1. The molecule has 0 radical (unpaired) electrons. The number of aryl methyl sites for hydroxylation is 3. The van der Waals surface area contributed by atoms with Crippen LogP contribution in [0.3, 0.4) is 0 Å². The van der Waals surface area contributed by atoms with Gasteiger partial charge in [-0.15, -0.1) is 0 Å². The van der Waals surface area contributed by atoms with Gasteiger partial charge in [0.1, 0.15) is 0 Å². The van der Waals surface area contributed by atoms with Crippen molar-refractivity contribution in [2.75, 3.05) is 18.4 Å². The second kappa shape index (κ2) is 9.17. The zero-order chi connectivity index (χ0) is 20.9. The molecule has 1 N–H and O–H groups in total. The lowest BCUT2D eigenvalue weighted by molar-refractivity contribution is -0.111. The van der Waals surface area contributed by atoms with Gasteiger partial charge in [-0.25, -0.2) is 8.42 Å². The SMILES string of the molecule is CCN(CC)S(=O)(=O)c1ccc(/C=C/C(=O)Nc2c(C)cc(C)cc2C)cc1. The molecule has 0 saturated carbocycles. The van der Waals surface area contributed by atoms with Crippen molar-refractivity contribution in [3.05, 3.63) is 64.7 Å². The Bertz CT molecular complexity index is 950. The van der Waals surface area contributed by atoms with Crippen LogP contribution in [0.2, 0.25) is 0 Å². The highest BCUT2D eigenvalue weighted by Gasteiger charge is 2.20. The Labute approximate surface area is 168 Å². The van der Waals surface area contributed by atoms with Crippen LogP contribution < -0.4 is 5.32 Å². The van der Waals surface area contributed by atoms with Gasteiger partial charge in [0.15, 0.2) is 0 Å². The van der Waals surface area contributed by atoms with Crippen LogP contribution in [0.5, 0.6) is 0 Å². The minimum atomic E-state index is -3.47. The molecule has 1 amide bonds. The minimum absolute atomic E-state index is 0.227. The van der Waals surface area contributed by atoms with E-state index in [2.05, 4.69) is 5.32 Å². The molecule has 2 aromatic carbocycles. The number of carbonyl (C=O) groups is 1. The average Bonchev–Trinajstić information content (AvgIpc) is 2.64. The standard InChI is InChI=1S/C22H28N2O3S/c1-6-24(7-2)28(26,27)20-11-8-19(9-12-20)10-13-21(25)23-22-17(4)14-16(3)15-18(22)5/h8-15H,6-7H2,1-5H3,(H,23,25)/b13-10+. The van der Waals surface area contributed by atoms with Gasteiger partial charge in [0.2, 0.25) is 15.9 Å². The van der Waals surface area contributed by atoms with E-state index in [-0.39, 0.29) is 10.8 Å². The Balaban J connectivity index is 2.12. The maximum Gasteiger partial charge on any atom is 0.248 e. The predicted molar refractivity (Wildman–Crippen MR) is 115 cm³/mol. The highest BCUT2D eigenvalue weighted by atomic mass is 32.2. The monoisotopic (exact) mass is 400 g/mol. The Morgan fingerprint density at radius 1 is 1.00 bits per heavy atom. The number of nitrogens with zero attached hydrogens (tertiary/aromatic N) is 1. The molecule has 0 aliphatic heterocycles. The fourth-order valence-corrected chi connectivity index (χ4v) is 4.64. The van der Waals surface area contributed by atoms with Gasteiger partial charge in [0.05, 0.1) is 4.90 Å². The van der Waals surface area contributed by atoms with Crippen LogP contribution in [0.1, 0.15) is 36.1 Å². The lowest BCUT2D eigenvalue weighted by Gasteiger charge is -2.18. The zero-order valence-electron chi connectivity index (χ0n) is 17.1. The van der Waals surface area contributed by atoms with Crippen molar-refractivity contribution in [1.82, 2.24) is 4.31 Å². The molecule has 0 saturated heterocycles. The molecular formula is C22H28N2O3S. The summed E-state index contributed by atoms with van der Waals surface area (Å²) in [5.74, 6) is -0.227. The third kappa shape index (κ3) is 5.09. The van der Waals surface area contributed by atoms with Crippen LogP contribution in [-0.4, -0.2) is 31.7 Å². The van der Waals surface area contributed by atoms with Crippen LogP contribution >= 0.6 is 0 Å². The molecule has 2 rings (SSSR count). The van der Waals surface area contributed by atoms with E-state index >= 15 is 0 Å². The molecule has 5 nitrogen and oxygen atoms in total. The van der Waals surface area contributed by atoms with Crippen LogP contribution in [0.4, 0.5) is 5.69 Å². The summed E-state index contributed by atoms with van der Waals surface area (Å²) in [5, 5.41) is 2.91. The van der Waals surface area contributed by atoms with Gasteiger partial charge < -0.3 is 5.32 Å². The van der Waals surface area contributed by atoms with Crippen molar-refractivity contribution >= 4 is 27.7 Å². The first-order valence-electron chi connectivity index (χ1n) is 9.36. The summed E-state index contributed by atoms with van der Waals surface area (Å²) in [4.78, 5) is 12.5. The Morgan fingerprint density at radius 3 is 2.04 bits per heavy atom. The van der Waals surface area contributed by atoms with Gasteiger partial charge in [-0.05, 0) is 55.7 Å². The van der Waals surface area contributed by atoms with Gasteiger partial charge in [-0.3, -0.25) is 4.79 Å². The second-order valence-corrected chi connectivity index (χ2v) is 8.69. The lowest BCUT2D eigenvalue weighted by Crippen LogP contribution is -2.30. The molecule has 0 aromatic heterocycles. The van der Waals surface area contributed by atoms with E-state index in [4.69, 9.17) is 0 Å². The summed E-state index contributed by atoms with van der Waals surface area (Å²) >= 11 is 0. The first-order valence-corrected chi connectivity index (χ1v) is 10.8. The third-order valence-corrected chi connectivity index (χ3v) is 6.64. The zero-order valence-corrected chi connectivity index (χ0v) is 17.9. The van der Waals surface area contributed by atoms with Crippen molar-refractivity contribution in [3.63, 3.8) is 0 Å². The van der Waals surface area contributed by atoms with Crippen LogP contribution in [0.15, 0.2) is 47.4 Å². The summed E-state index contributed by atoms with van der Waals surface area (Å²) in [6, 6.07) is 10.6. The molecule has 6 heteroatoms. The van der Waals surface area contributed by atoms with Crippen molar-refractivity contribution in [3.8, 4) is 0 Å². The van der Waals surface area contributed by atoms with Crippen LogP contribution in [0.25, 0.3) is 6.08 Å². The first-order chi connectivity index (χ1) is 13.2. The number of carbonyl (C=O) groups excluding carboxylic acids is 1. The molecule has 28 heavy (non-hydrogen) atoms. The average molecular weight is 401 g/mol. The summed E-state index contributed by atoms with van der Waals surface area (Å²) in [6.07, 6.45) is 3.12. The van der Waals surface area contributed by atoms with E-state index in [1.165, 1.54) is 10.4 Å². The van der Waals surface area contributed by atoms with Crippen molar-refractivity contribution in [1.29, 1.82) is 0 Å². The largest absolute Gasteiger partial charge is 0.322 e. The fraction of sp³-hybridized carbons (Fsp3) is 0.318. The molecule has 2 aromatic rings. The number of nitrogens with one attached hydrogen (secondary N) is 1. The third-order valence-electron chi connectivity index (χ3n) is 4.58. The minimum Gasteiger partial charge on any atom is -0.322 e. The number of anilines is 1. The molecule has 0 bridgehead atoms. The lowest BCUT2D eigenvalue weighted by atomic mass is 10.1. The van der Waals surface area contributed by atoms with Crippen molar-refractivity contribution < 1.29 is 13.2 Å². The summed E-state index contributed by atoms with van der Waals surface area (Å²) in [5.41, 5.74) is 4.77. The predicted octanol–water partition coefficient (Wildman–Crippen LogP) is 4.29. The van der Waals surface area contributed by atoms with Gasteiger partial charge in [-0.2, -0.15) is 4.31 Å². The second-order valence-electron chi connectivity index (χ2n) is 6.75. The van der Waals surface area contributed by atoms with Gasteiger partial charge in [0.25, 0.3) is 0 Å². The number of hydrogen-bond donors (Lipinski definition) is 1. The molecule has 0 aliphatic rings. The molecule has 0 fully saturated rings. The normalized spacial score (nSPS) is 11.9. The van der Waals surface area contributed by atoms with E-state index in [1.54, 1.807) is 30.3 Å². The quantitative estimate of drug-likeness (QED) is 0.705.